The molecular weight excluding hydrogens is 316 g/mol. The van der Waals surface area contributed by atoms with Crippen LogP contribution in [0.25, 0.3) is 11.6 Å². The molecule has 0 aliphatic carbocycles. The first-order chi connectivity index (χ1) is 11.7. The number of aromatic nitrogens is 1. The molecule has 3 nitrogen and oxygen atoms in total. The predicted molar refractivity (Wildman–Crippen MR) is 105 cm³/mol. The lowest BCUT2D eigenvalue weighted by Gasteiger charge is -2.22. The number of allylic oxidation sites excluding steroid dienone is 1. The molecule has 1 aromatic carbocycles. The fraction of sp³-hybridized carbons (Fsp3) is 0.350. The Labute approximate surface area is 150 Å². The van der Waals surface area contributed by atoms with Gasteiger partial charge in [0.15, 0.2) is 18.9 Å². The summed E-state index contributed by atoms with van der Waals surface area (Å²) >= 11 is 4.32. The standard InChI is InChI=1S/C20H26N2OS/c1-3-22(13-15-24)20-6-4-18(5-7-20)16-17(2)19-8-10-21(11-9-19)12-14-23/h4-11,16,23H,3,12-15H2,1-2H3/p+1. The van der Waals surface area contributed by atoms with Gasteiger partial charge in [0.2, 0.25) is 0 Å². The molecule has 2 aromatic rings. The minimum Gasteiger partial charge on any atom is -0.390 e. The summed E-state index contributed by atoms with van der Waals surface area (Å²) in [6.07, 6.45) is 6.20. The fourth-order valence-electron chi connectivity index (χ4n) is 2.69. The van der Waals surface area contributed by atoms with E-state index in [1.807, 2.05) is 17.0 Å². The van der Waals surface area contributed by atoms with Crippen molar-refractivity contribution in [1.82, 2.24) is 0 Å². The van der Waals surface area contributed by atoms with Crippen LogP contribution in [0, 0.1) is 0 Å². The summed E-state index contributed by atoms with van der Waals surface area (Å²) < 4.78 is 1.98. The summed E-state index contributed by atoms with van der Waals surface area (Å²) in [5.74, 6) is 0.860. The maximum atomic E-state index is 8.97. The normalized spacial score (nSPS) is 11.6. The molecule has 0 atom stereocenters. The number of aliphatic hydroxyl groups is 1. The molecular formula is C20H27N2OS+. The maximum absolute atomic E-state index is 8.97. The number of aliphatic hydroxyl groups excluding tert-OH is 1. The van der Waals surface area contributed by atoms with Crippen LogP contribution < -0.4 is 9.47 Å². The van der Waals surface area contributed by atoms with Gasteiger partial charge in [0.05, 0.1) is 0 Å². The largest absolute Gasteiger partial charge is 0.390 e. The van der Waals surface area contributed by atoms with Crippen LogP contribution in [0.3, 0.4) is 0 Å². The van der Waals surface area contributed by atoms with E-state index in [0.29, 0.717) is 6.54 Å². The van der Waals surface area contributed by atoms with E-state index in [4.69, 9.17) is 5.11 Å². The van der Waals surface area contributed by atoms with Gasteiger partial charge in [-0.3, -0.25) is 0 Å². The summed E-state index contributed by atoms with van der Waals surface area (Å²) in [4.78, 5) is 2.32. The third-order valence-electron chi connectivity index (χ3n) is 4.10. The molecule has 2 rings (SSSR count). The van der Waals surface area contributed by atoms with Gasteiger partial charge in [-0.15, -0.1) is 0 Å². The van der Waals surface area contributed by atoms with Crippen LogP contribution in [-0.2, 0) is 6.54 Å². The molecule has 0 saturated carbocycles. The van der Waals surface area contributed by atoms with Crippen LogP contribution in [0.4, 0.5) is 5.69 Å². The summed E-state index contributed by atoms with van der Waals surface area (Å²) in [5, 5.41) is 8.97. The Kier molecular flexibility index (Phi) is 7.35. The number of thiol groups is 1. The van der Waals surface area contributed by atoms with Crippen LogP contribution in [-0.4, -0.2) is 30.6 Å². The van der Waals surface area contributed by atoms with Crippen molar-refractivity contribution in [2.75, 3.05) is 30.3 Å². The highest BCUT2D eigenvalue weighted by Gasteiger charge is 2.04. The molecule has 128 valence electrons. The highest BCUT2D eigenvalue weighted by atomic mass is 32.1. The number of nitrogens with zero attached hydrogens (tertiary/aromatic N) is 2. The van der Waals surface area contributed by atoms with Gasteiger partial charge >= 0.3 is 0 Å². The highest BCUT2D eigenvalue weighted by molar-refractivity contribution is 7.80. The second-order valence-corrected chi connectivity index (χ2v) is 6.22. The third kappa shape index (κ3) is 5.11. The number of anilines is 1. The Bertz CT molecular complexity index is 650. The van der Waals surface area contributed by atoms with Gasteiger partial charge < -0.3 is 10.0 Å². The van der Waals surface area contributed by atoms with E-state index in [2.05, 4.69) is 73.9 Å². The number of hydrogen-bond donors (Lipinski definition) is 2. The van der Waals surface area contributed by atoms with E-state index < -0.39 is 0 Å². The zero-order valence-corrected chi connectivity index (χ0v) is 15.4. The lowest BCUT2D eigenvalue weighted by Crippen LogP contribution is -2.34. The minimum absolute atomic E-state index is 0.160. The minimum atomic E-state index is 0.160. The average molecular weight is 344 g/mol. The predicted octanol–water partition coefficient (Wildman–Crippen LogP) is 3.28. The average Bonchev–Trinajstić information content (AvgIpc) is 2.61. The van der Waals surface area contributed by atoms with Crippen molar-refractivity contribution in [3.05, 3.63) is 59.9 Å². The Hall–Kier alpha value is -1.78. The van der Waals surface area contributed by atoms with Gasteiger partial charge in [-0.1, -0.05) is 18.2 Å². The quantitative estimate of drug-likeness (QED) is 0.568. The van der Waals surface area contributed by atoms with Crippen molar-refractivity contribution < 1.29 is 9.67 Å². The maximum Gasteiger partial charge on any atom is 0.171 e. The molecule has 0 bridgehead atoms. The summed E-state index contributed by atoms with van der Waals surface area (Å²) in [6, 6.07) is 12.8. The van der Waals surface area contributed by atoms with Gasteiger partial charge in [0.25, 0.3) is 0 Å². The van der Waals surface area contributed by atoms with Gasteiger partial charge in [-0.2, -0.15) is 12.6 Å². The van der Waals surface area contributed by atoms with Crippen molar-refractivity contribution in [2.24, 2.45) is 0 Å². The first-order valence-electron chi connectivity index (χ1n) is 8.42. The number of rotatable bonds is 8. The topological polar surface area (TPSA) is 27.4 Å². The van der Waals surface area contributed by atoms with Crippen molar-refractivity contribution in [2.45, 2.75) is 20.4 Å². The number of hydrogen-bond acceptors (Lipinski definition) is 3. The first kappa shape index (κ1) is 18.6. The van der Waals surface area contributed by atoms with Crippen molar-refractivity contribution >= 4 is 30.0 Å². The van der Waals surface area contributed by atoms with Crippen LogP contribution in [0.2, 0.25) is 0 Å². The van der Waals surface area contributed by atoms with Crippen LogP contribution in [0.5, 0.6) is 0 Å². The molecule has 0 aliphatic heterocycles. The van der Waals surface area contributed by atoms with Crippen LogP contribution in [0.1, 0.15) is 25.0 Å². The van der Waals surface area contributed by atoms with Gasteiger partial charge in [0, 0.05) is 36.7 Å². The molecule has 24 heavy (non-hydrogen) atoms. The van der Waals surface area contributed by atoms with Crippen LogP contribution >= 0.6 is 12.6 Å². The molecule has 0 radical (unpaired) electrons. The zero-order chi connectivity index (χ0) is 17.4. The molecule has 1 heterocycles. The lowest BCUT2D eigenvalue weighted by atomic mass is 10.1. The van der Waals surface area contributed by atoms with E-state index in [9.17, 15) is 0 Å². The molecule has 0 unspecified atom stereocenters. The molecule has 1 N–H and O–H groups in total. The summed E-state index contributed by atoms with van der Waals surface area (Å²) in [6.45, 7) is 7.04. The van der Waals surface area contributed by atoms with E-state index >= 15 is 0 Å². The molecule has 0 saturated heterocycles. The van der Waals surface area contributed by atoms with Gasteiger partial charge in [0.1, 0.15) is 6.61 Å². The van der Waals surface area contributed by atoms with Crippen molar-refractivity contribution in [3.8, 4) is 0 Å². The fourth-order valence-corrected chi connectivity index (χ4v) is 2.93. The van der Waals surface area contributed by atoms with Gasteiger partial charge in [-0.05, 0) is 42.7 Å². The van der Waals surface area contributed by atoms with E-state index in [1.54, 1.807) is 0 Å². The van der Waals surface area contributed by atoms with Gasteiger partial charge in [-0.25, -0.2) is 4.57 Å². The van der Waals surface area contributed by atoms with E-state index in [0.717, 1.165) is 18.8 Å². The van der Waals surface area contributed by atoms with E-state index in [1.165, 1.54) is 22.4 Å². The Morgan fingerprint density at radius 3 is 2.38 bits per heavy atom. The SMILES string of the molecule is CCN(CCS)c1ccc(/C=C(\C)c2cc[n+](CCO)cc2)cc1. The third-order valence-corrected chi connectivity index (χ3v) is 4.30. The molecule has 0 spiro atoms. The smallest absolute Gasteiger partial charge is 0.171 e. The zero-order valence-electron chi connectivity index (χ0n) is 14.5. The molecule has 0 amide bonds. The molecule has 0 fully saturated rings. The Balaban J connectivity index is 2.12. The summed E-state index contributed by atoms with van der Waals surface area (Å²) in [7, 11) is 0. The molecule has 0 aliphatic rings. The first-order valence-corrected chi connectivity index (χ1v) is 9.05. The Morgan fingerprint density at radius 1 is 1.17 bits per heavy atom. The second kappa shape index (κ2) is 9.50. The monoisotopic (exact) mass is 343 g/mol. The number of benzene rings is 1. The molecule has 1 aromatic heterocycles. The van der Waals surface area contributed by atoms with Crippen LogP contribution in [0.15, 0.2) is 48.8 Å². The van der Waals surface area contributed by atoms with Crippen molar-refractivity contribution in [3.63, 3.8) is 0 Å². The second-order valence-electron chi connectivity index (χ2n) is 5.77. The lowest BCUT2D eigenvalue weighted by molar-refractivity contribution is -0.698. The van der Waals surface area contributed by atoms with E-state index in [-0.39, 0.29) is 6.61 Å². The molecule has 4 heteroatoms. The Morgan fingerprint density at radius 2 is 1.83 bits per heavy atom. The number of pyridine rings is 1. The highest BCUT2D eigenvalue weighted by Crippen LogP contribution is 2.20. The summed E-state index contributed by atoms with van der Waals surface area (Å²) in [5.41, 5.74) is 4.86. The van der Waals surface area contributed by atoms with Crippen molar-refractivity contribution in [1.29, 1.82) is 0 Å².